The minimum absolute atomic E-state index is 0. The van der Waals surface area contributed by atoms with Crippen LogP contribution in [0.3, 0.4) is 0 Å². The van der Waals surface area contributed by atoms with E-state index in [-0.39, 0.29) is 48.9 Å². The summed E-state index contributed by atoms with van der Waals surface area (Å²) in [4.78, 5) is 0. The van der Waals surface area contributed by atoms with Crippen molar-refractivity contribution in [2.75, 3.05) is 0 Å². The van der Waals surface area contributed by atoms with Gasteiger partial charge in [0.25, 0.3) is 0 Å². The van der Waals surface area contributed by atoms with Gasteiger partial charge in [0.15, 0.2) is 17.4 Å². The van der Waals surface area contributed by atoms with Gasteiger partial charge in [-0.3, -0.25) is 0 Å². The number of rotatable bonds is 3. The van der Waals surface area contributed by atoms with Crippen molar-refractivity contribution in [1.29, 1.82) is 5.26 Å². The Balaban J connectivity index is -0.000000422. The van der Waals surface area contributed by atoms with Gasteiger partial charge in [-0.1, -0.05) is 12.1 Å². The van der Waals surface area contributed by atoms with E-state index < -0.39 is 0 Å². The van der Waals surface area contributed by atoms with E-state index in [2.05, 4.69) is 6.07 Å². The molecule has 0 fully saturated rings. The zero-order chi connectivity index (χ0) is 19.8. The second-order valence-corrected chi connectivity index (χ2v) is 7.91. The molecule has 2 rings (SSSR count). The van der Waals surface area contributed by atoms with Gasteiger partial charge in [-0.05, 0) is 83.5 Å². The summed E-state index contributed by atoms with van der Waals surface area (Å²) in [6, 6.07) is 17.1. The summed E-state index contributed by atoms with van der Waals surface area (Å²) in [7, 11) is 0. The van der Waals surface area contributed by atoms with Gasteiger partial charge in [0.05, 0.1) is 11.6 Å². The van der Waals surface area contributed by atoms with Crippen molar-refractivity contribution in [2.45, 2.75) is 59.3 Å². The fraction of sp³-hybridized carbons (Fsp3) is 0.409. The number of hydrogen-bond acceptors (Lipinski definition) is 4. The molecule has 4 nitrogen and oxygen atoms in total. The van der Waals surface area contributed by atoms with Crippen molar-refractivity contribution >= 4 is 17.4 Å². The first-order chi connectivity index (χ1) is 12.0. The maximum Gasteiger partial charge on any atom is 1.00 e. The molecular formula is C22H34AlLiN2O2. The van der Waals surface area contributed by atoms with Gasteiger partial charge in [-0.2, -0.15) is 5.26 Å². The van der Waals surface area contributed by atoms with Gasteiger partial charge in [-0.15, -0.1) is 0 Å². The Morgan fingerprint density at radius 1 is 0.821 bits per heavy atom. The van der Waals surface area contributed by atoms with Gasteiger partial charge < -0.3 is 16.6 Å². The Labute approximate surface area is 194 Å². The second-order valence-electron chi connectivity index (χ2n) is 7.91. The molecule has 0 spiro atoms. The van der Waals surface area contributed by atoms with E-state index in [0.29, 0.717) is 12.1 Å². The van der Waals surface area contributed by atoms with Gasteiger partial charge >= 0.3 is 18.9 Å². The summed E-state index contributed by atoms with van der Waals surface area (Å²) in [6.45, 7) is 12.6. The van der Waals surface area contributed by atoms with E-state index in [1.54, 1.807) is 12.1 Å². The fourth-order valence-corrected chi connectivity index (χ4v) is 2.00. The standard InChI is InChI=1S/C11H17NO.C11H13NO.Al.Li.4H/c2*1-11(2,3)13-10-6-4-9(8-12)5-7-10;;;;;;/h4-7H,8,12H2,1-3H3;4-7H,1-3H3;;;;;;/q;;;+1;;;;-1. The number of nitrogens with zero attached hydrogens (tertiary/aromatic N) is 1. The molecule has 0 aliphatic heterocycles. The van der Waals surface area contributed by atoms with Crippen LogP contribution >= 0.6 is 0 Å². The summed E-state index contributed by atoms with van der Waals surface area (Å²) >= 11 is 0. The molecule has 148 valence electrons. The zero-order valence-corrected chi connectivity index (χ0v) is 17.7. The van der Waals surface area contributed by atoms with Crippen molar-refractivity contribution in [2.24, 2.45) is 5.73 Å². The Morgan fingerprint density at radius 2 is 1.18 bits per heavy atom. The van der Waals surface area contributed by atoms with E-state index >= 15 is 0 Å². The molecule has 28 heavy (non-hydrogen) atoms. The SMILES string of the molecule is CC(C)(C)Oc1ccc(C#N)cc1.CC(C)(C)Oc1ccc(CN)cc1.[AlH3].[H-].[Li+]. The van der Waals surface area contributed by atoms with Crippen LogP contribution in [0, 0.1) is 11.3 Å². The monoisotopic (exact) mass is 392 g/mol. The summed E-state index contributed by atoms with van der Waals surface area (Å²) in [6.07, 6.45) is 0. The number of nitriles is 1. The first-order valence-corrected chi connectivity index (χ1v) is 8.69. The fourth-order valence-electron chi connectivity index (χ4n) is 2.00. The normalized spacial score (nSPS) is 10.2. The summed E-state index contributed by atoms with van der Waals surface area (Å²) in [5, 5.41) is 8.57. The predicted molar refractivity (Wildman–Crippen MR) is 117 cm³/mol. The van der Waals surface area contributed by atoms with E-state index in [1.165, 1.54) is 0 Å². The van der Waals surface area contributed by atoms with Crippen LogP contribution < -0.4 is 34.1 Å². The molecule has 0 atom stereocenters. The van der Waals surface area contributed by atoms with Crippen molar-refractivity contribution in [3.05, 3.63) is 59.7 Å². The predicted octanol–water partition coefficient (Wildman–Crippen LogP) is 0.991. The molecule has 0 radical (unpaired) electrons. The Hall–Kier alpha value is -1.38. The van der Waals surface area contributed by atoms with Gasteiger partial charge in [0.2, 0.25) is 0 Å². The molecule has 0 saturated carbocycles. The van der Waals surface area contributed by atoms with E-state index in [0.717, 1.165) is 17.1 Å². The maximum absolute atomic E-state index is 8.57. The maximum atomic E-state index is 8.57. The van der Waals surface area contributed by atoms with Crippen LogP contribution in [0.15, 0.2) is 48.5 Å². The molecule has 0 amide bonds. The largest absolute Gasteiger partial charge is 1.00 e. The van der Waals surface area contributed by atoms with Crippen LogP contribution in [0.25, 0.3) is 0 Å². The first-order valence-electron chi connectivity index (χ1n) is 8.69. The molecule has 0 aromatic heterocycles. The third kappa shape index (κ3) is 12.9. The summed E-state index contributed by atoms with van der Waals surface area (Å²) in [5.74, 6) is 1.69. The molecule has 0 aliphatic rings. The molecule has 0 saturated heterocycles. The molecule has 2 aromatic rings. The second kappa shape index (κ2) is 13.0. The quantitative estimate of drug-likeness (QED) is 0.791. The van der Waals surface area contributed by atoms with Crippen molar-refractivity contribution < 1.29 is 29.8 Å². The number of hydrogen-bond donors (Lipinski definition) is 1. The third-order valence-electron chi connectivity index (χ3n) is 2.99. The van der Waals surface area contributed by atoms with Crippen LogP contribution in [0.5, 0.6) is 11.5 Å². The van der Waals surface area contributed by atoms with Crippen LogP contribution in [0.2, 0.25) is 0 Å². The number of nitrogens with two attached hydrogens (primary N) is 1. The third-order valence-corrected chi connectivity index (χ3v) is 2.99. The zero-order valence-electron chi connectivity index (χ0n) is 18.7. The van der Waals surface area contributed by atoms with Gasteiger partial charge in [-0.25, -0.2) is 0 Å². The summed E-state index contributed by atoms with van der Waals surface area (Å²) in [5.41, 5.74) is 6.95. The Morgan fingerprint density at radius 3 is 1.46 bits per heavy atom. The van der Waals surface area contributed by atoms with Crippen LogP contribution in [-0.4, -0.2) is 28.6 Å². The van der Waals surface area contributed by atoms with Crippen molar-refractivity contribution in [3.8, 4) is 17.6 Å². The topological polar surface area (TPSA) is 68.3 Å². The molecule has 2 aromatic carbocycles. The Kier molecular flexibility index (Phi) is 13.3. The molecule has 6 heteroatoms. The minimum atomic E-state index is -0.186. The van der Waals surface area contributed by atoms with Crippen molar-refractivity contribution in [3.63, 3.8) is 0 Å². The average Bonchev–Trinajstić information content (AvgIpc) is 2.54. The molecular weight excluding hydrogens is 358 g/mol. The van der Waals surface area contributed by atoms with Crippen molar-refractivity contribution in [1.82, 2.24) is 0 Å². The van der Waals surface area contributed by atoms with Crippen LogP contribution in [0.4, 0.5) is 0 Å². The van der Waals surface area contributed by atoms with Gasteiger partial charge in [0, 0.05) is 6.54 Å². The minimum Gasteiger partial charge on any atom is -1.00 e. The van der Waals surface area contributed by atoms with E-state index in [4.69, 9.17) is 20.5 Å². The molecule has 0 aliphatic carbocycles. The molecule has 0 heterocycles. The number of benzene rings is 2. The van der Waals surface area contributed by atoms with Gasteiger partial charge in [0.1, 0.15) is 22.7 Å². The number of ether oxygens (including phenoxy) is 2. The van der Waals surface area contributed by atoms with E-state index in [9.17, 15) is 0 Å². The molecule has 0 unspecified atom stereocenters. The summed E-state index contributed by atoms with van der Waals surface area (Å²) < 4.78 is 11.3. The van der Waals surface area contributed by atoms with Crippen LogP contribution in [0.1, 0.15) is 54.1 Å². The molecule has 2 N–H and O–H groups in total. The Bertz CT molecular complexity index is 719. The first kappa shape index (κ1) is 28.8. The van der Waals surface area contributed by atoms with E-state index in [1.807, 2.05) is 77.9 Å². The molecule has 0 bridgehead atoms. The smallest absolute Gasteiger partial charge is 1.00 e. The van der Waals surface area contributed by atoms with Crippen LogP contribution in [-0.2, 0) is 6.54 Å². The average molecular weight is 392 g/mol.